The molecule has 1 aromatic rings. The van der Waals surface area contributed by atoms with Crippen LogP contribution in [-0.2, 0) is 20.6 Å². The molecule has 1 aliphatic carbocycles. The van der Waals surface area contributed by atoms with Crippen LogP contribution in [0.3, 0.4) is 0 Å². The molecule has 1 aromatic carbocycles. The number of benzene rings is 1. The first kappa shape index (κ1) is 27.1. The number of fused-ring (bicyclic) bond motifs is 1. The van der Waals surface area contributed by atoms with E-state index in [0.29, 0.717) is 30.1 Å². The Morgan fingerprint density at radius 3 is 2.51 bits per heavy atom. The van der Waals surface area contributed by atoms with Gasteiger partial charge in [-0.15, -0.1) is 0 Å². The van der Waals surface area contributed by atoms with Gasteiger partial charge < -0.3 is 10.2 Å². The van der Waals surface area contributed by atoms with E-state index in [-0.39, 0.29) is 25.1 Å². The van der Waals surface area contributed by atoms with E-state index in [1.807, 2.05) is 13.8 Å². The number of likely N-dealkylation sites (tertiary alicyclic amines) is 1. The van der Waals surface area contributed by atoms with Crippen LogP contribution in [0.2, 0.25) is 0 Å². The maximum Gasteiger partial charge on any atom is 0.416 e. The van der Waals surface area contributed by atoms with Gasteiger partial charge >= 0.3 is 6.18 Å². The summed E-state index contributed by atoms with van der Waals surface area (Å²) in [6.07, 6.45) is -4.58. The van der Waals surface area contributed by atoms with E-state index in [0.717, 1.165) is 4.90 Å². The molecule has 1 saturated carbocycles. The van der Waals surface area contributed by atoms with Crippen LogP contribution >= 0.6 is 11.6 Å². The van der Waals surface area contributed by atoms with Gasteiger partial charge in [0.05, 0.1) is 18.0 Å². The molecule has 0 bridgehead atoms. The molecule has 14 heteroatoms. The van der Waals surface area contributed by atoms with Crippen LogP contribution in [0.4, 0.5) is 22.0 Å². The van der Waals surface area contributed by atoms with Crippen LogP contribution in [0, 0.1) is 29.0 Å². The molecular formula is C23H24ClF5N4O4. The smallest absolute Gasteiger partial charge is 0.356 e. The number of carbonyl (C=O) groups is 4. The second-order valence-electron chi connectivity index (χ2n) is 10.1. The summed E-state index contributed by atoms with van der Waals surface area (Å²) in [5.41, 5.74) is -2.63. The number of amides is 4. The molecule has 4 amide bonds. The lowest BCUT2D eigenvalue weighted by atomic mass is 9.99. The molecule has 8 nitrogen and oxygen atoms in total. The number of hydrogen-bond donors (Lipinski definition) is 2. The fraction of sp³-hybridized carbons (Fsp3) is 0.565. The van der Waals surface area contributed by atoms with Gasteiger partial charge in [-0.1, -0.05) is 25.4 Å². The number of carbonyl (C=O) groups excluding carboxylic acids is 4. The molecule has 3 aliphatic rings. The summed E-state index contributed by atoms with van der Waals surface area (Å²) in [6, 6.07) is 0.169. The number of alkyl halides is 5. The predicted octanol–water partition coefficient (Wildman–Crippen LogP) is 2.47. The summed E-state index contributed by atoms with van der Waals surface area (Å²) in [4.78, 5) is 51.9. The molecule has 2 heterocycles. The zero-order valence-corrected chi connectivity index (χ0v) is 20.5. The molecule has 2 N–H and O–H groups in total. The van der Waals surface area contributed by atoms with Gasteiger partial charge in [-0.2, -0.15) is 13.2 Å². The molecule has 2 aliphatic heterocycles. The van der Waals surface area contributed by atoms with Crippen molar-refractivity contribution in [3.8, 4) is 0 Å². The Balaban J connectivity index is 1.60. The monoisotopic (exact) mass is 550 g/mol. The quantitative estimate of drug-likeness (QED) is 0.334. The number of hydrogen-bond acceptors (Lipinski definition) is 4. The highest BCUT2D eigenvalue weighted by atomic mass is 35.5. The first-order valence-corrected chi connectivity index (χ1v) is 11.9. The maximum absolute atomic E-state index is 14.0. The van der Waals surface area contributed by atoms with Gasteiger partial charge in [0.15, 0.2) is 0 Å². The number of hydrazine groups is 1. The summed E-state index contributed by atoms with van der Waals surface area (Å²) in [5, 5.41) is 3.14. The summed E-state index contributed by atoms with van der Waals surface area (Å²) in [7, 11) is 0. The van der Waals surface area contributed by atoms with Crippen LogP contribution < -0.4 is 10.7 Å². The van der Waals surface area contributed by atoms with Crippen LogP contribution in [0.15, 0.2) is 18.2 Å². The molecule has 0 spiro atoms. The Bertz CT molecular complexity index is 1140. The summed E-state index contributed by atoms with van der Waals surface area (Å²) >= 11 is 5.29. The van der Waals surface area contributed by atoms with E-state index in [1.165, 1.54) is 0 Å². The highest BCUT2D eigenvalue weighted by molar-refractivity contribution is 6.29. The summed E-state index contributed by atoms with van der Waals surface area (Å²) < 4.78 is 67.2. The topological polar surface area (TPSA) is 98.8 Å². The predicted molar refractivity (Wildman–Crippen MR) is 119 cm³/mol. The summed E-state index contributed by atoms with van der Waals surface area (Å²) in [6.45, 7) is 3.65. The Morgan fingerprint density at radius 2 is 1.95 bits per heavy atom. The average molecular weight is 551 g/mol. The molecule has 37 heavy (non-hydrogen) atoms. The van der Waals surface area contributed by atoms with Crippen molar-refractivity contribution in [3.05, 3.63) is 35.1 Å². The van der Waals surface area contributed by atoms with Crippen LogP contribution in [-0.4, -0.2) is 64.8 Å². The van der Waals surface area contributed by atoms with Crippen molar-refractivity contribution in [1.82, 2.24) is 20.7 Å². The first-order chi connectivity index (χ1) is 17.1. The van der Waals surface area contributed by atoms with Crippen molar-refractivity contribution in [2.45, 2.75) is 38.1 Å². The fourth-order valence-corrected chi connectivity index (χ4v) is 5.50. The molecule has 4 rings (SSSR count). The Morgan fingerprint density at radius 1 is 1.27 bits per heavy atom. The molecule has 5 atom stereocenters. The molecule has 202 valence electrons. The first-order valence-electron chi connectivity index (χ1n) is 11.5. The second kappa shape index (κ2) is 9.41. The Labute approximate surface area is 213 Å². The fourth-order valence-electron chi connectivity index (χ4n) is 5.39. The average Bonchev–Trinajstić information content (AvgIpc) is 3.16. The molecular weight excluding hydrogens is 527 g/mol. The van der Waals surface area contributed by atoms with Gasteiger partial charge in [0.1, 0.15) is 11.9 Å². The summed E-state index contributed by atoms with van der Waals surface area (Å²) in [5.74, 6) is -6.23. The van der Waals surface area contributed by atoms with Gasteiger partial charge in [-0.3, -0.25) is 24.6 Å². The van der Waals surface area contributed by atoms with Crippen LogP contribution in [0.25, 0.3) is 0 Å². The zero-order chi connectivity index (χ0) is 27.4. The third-order valence-electron chi connectivity index (χ3n) is 7.47. The number of rotatable bonds is 5. The maximum atomic E-state index is 14.0. The SMILES string of the molecule is CC1(C)[C@@H]2[C@@H](C(=O)NN(C[C@@H]3CCNC3=O)C(=O)C(F)Cl)N(C(=O)c3cc(F)cc(C(F)(F)F)c3)C[C@@H]21. The molecule has 1 unspecified atom stereocenters. The third-order valence-corrected chi connectivity index (χ3v) is 7.66. The van der Waals surface area contributed by atoms with Crippen molar-refractivity contribution < 1.29 is 41.1 Å². The Kier molecular flexibility index (Phi) is 6.89. The van der Waals surface area contributed by atoms with Crippen molar-refractivity contribution in [3.63, 3.8) is 0 Å². The number of nitrogens with zero attached hydrogens (tertiary/aromatic N) is 2. The highest BCUT2D eigenvalue weighted by Crippen LogP contribution is 2.65. The van der Waals surface area contributed by atoms with E-state index in [9.17, 15) is 41.1 Å². The molecule has 0 aromatic heterocycles. The second-order valence-corrected chi connectivity index (χ2v) is 10.5. The lowest BCUT2D eigenvalue weighted by Crippen LogP contribution is -2.57. The molecule has 2 saturated heterocycles. The lowest BCUT2D eigenvalue weighted by Gasteiger charge is -2.33. The Hall–Kier alpha value is -2.96. The van der Waals surface area contributed by atoms with Gasteiger partial charge in [-0.25, -0.2) is 13.8 Å². The van der Waals surface area contributed by atoms with Crippen molar-refractivity contribution >= 4 is 35.2 Å². The van der Waals surface area contributed by atoms with Crippen molar-refractivity contribution in [1.29, 1.82) is 0 Å². The standard InChI is InChI=1S/C23H24ClF5N4O4/c1-22(2)14-9-32(20(36)11-5-12(23(27,28)29)7-13(25)6-11)16(15(14)22)19(35)31-33(21(37)17(24)26)8-10-3-4-30-18(10)34/h5-7,10,14-17H,3-4,8-9H2,1-2H3,(H,30,34)(H,31,35)/t10-,14-,15-,16-,17?/m0/s1. The normalized spacial score (nSPS) is 26.8. The largest absolute Gasteiger partial charge is 0.416 e. The highest BCUT2D eigenvalue weighted by Gasteiger charge is 2.69. The number of halogens is 6. The van der Waals surface area contributed by atoms with E-state index in [4.69, 9.17) is 11.6 Å². The molecule has 3 fully saturated rings. The minimum atomic E-state index is -4.90. The van der Waals surface area contributed by atoms with Crippen LogP contribution in [0.5, 0.6) is 0 Å². The molecule has 0 radical (unpaired) electrons. The number of piperidine rings is 1. The van der Waals surface area contributed by atoms with Gasteiger partial charge in [0.25, 0.3) is 23.4 Å². The van der Waals surface area contributed by atoms with Crippen molar-refractivity contribution in [2.75, 3.05) is 19.6 Å². The lowest BCUT2D eigenvalue weighted by molar-refractivity contribution is -0.146. The van der Waals surface area contributed by atoms with E-state index >= 15 is 0 Å². The van der Waals surface area contributed by atoms with E-state index in [1.54, 1.807) is 0 Å². The number of nitrogens with one attached hydrogen (secondary N) is 2. The third kappa shape index (κ3) is 5.10. The van der Waals surface area contributed by atoms with Gasteiger partial charge in [0.2, 0.25) is 5.91 Å². The minimum absolute atomic E-state index is 0.00662. The van der Waals surface area contributed by atoms with Gasteiger partial charge in [-0.05, 0) is 41.9 Å². The van der Waals surface area contributed by atoms with Crippen LogP contribution in [0.1, 0.15) is 36.2 Å². The zero-order valence-electron chi connectivity index (χ0n) is 19.7. The van der Waals surface area contributed by atoms with E-state index in [2.05, 4.69) is 10.7 Å². The van der Waals surface area contributed by atoms with Crippen molar-refractivity contribution in [2.24, 2.45) is 23.2 Å². The van der Waals surface area contributed by atoms with E-state index < -0.39 is 75.7 Å². The van der Waals surface area contributed by atoms with Gasteiger partial charge in [0, 0.05) is 18.7 Å². The minimum Gasteiger partial charge on any atom is -0.356 e.